The number of carbonyl (C=O) groups excluding carboxylic acids is 1. The van der Waals surface area contributed by atoms with Crippen molar-refractivity contribution >= 4 is 38.9 Å². The van der Waals surface area contributed by atoms with Crippen LogP contribution in [0, 0.1) is 0 Å². The highest BCUT2D eigenvalue weighted by molar-refractivity contribution is 7.89. The van der Waals surface area contributed by atoms with Gasteiger partial charge in [-0.1, -0.05) is 24.3 Å². The quantitative estimate of drug-likeness (QED) is 0.417. The van der Waals surface area contributed by atoms with Crippen LogP contribution in [-0.2, 0) is 10.0 Å². The van der Waals surface area contributed by atoms with E-state index in [9.17, 15) is 13.2 Å². The number of para-hydroxylation sites is 1. The Hall–Kier alpha value is -3.01. The summed E-state index contributed by atoms with van der Waals surface area (Å²) in [7, 11) is -3.69. The second-order valence-corrected chi connectivity index (χ2v) is 8.61. The topological polar surface area (TPSA) is 87.7 Å². The molecule has 0 heterocycles. The van der Waals surface area contributed by atoms with Gasteiger partial charge in [0.25, 0.3) is 5.91 Å². The average Bonchev–Trinajstić information content (AvgIpc) is 2.74. The van der Waals surface area contributed by atoms with Gasteiger partial charge in [0.15, 0.2) is 5.11 Å². The fraction of sp³-hybridized carbons (Fsp3) is 0.182. The van der Waals surface area contributed by atoms with Crippen molar-refractivity contribution in [3.63, 3.8) is 0 Å². The van der Waals surface area contributed by atoms with Crippen LogP contribution < -0.4 is 15.4 Å². The molecule has 0 radical (unpaired) electrons. The first kappa shape index (κ1) is 24.3. The van der Waals surface area contributed by atoms with Gasteiger partial charge >= 0.3 is 0 Å². The second kappa shape index (κ2) is 11.4. The molecule has 2 aromatic rings. The molecule has 0 atom stereocenters. The van der Waals surface area contributed by atoms with E-state index in [1.807, 2.05) is 6.92 Å². The van der Waals surface area contributed by atoms with Crippen molar-refractivity contribution in [2.75, 3.05) is 25.0 Å². The van der Waals surface area contributed by atoms with Crippen LogP contribution in [0.3, 0.4) is 0 Å². The number of rotatable bonds is 10. The van der Waals surface area contributed by atoms with E-state index in [0.717, 1.165) is 0 Å². The molecule has 31 heavy (non-hydrogen) atoms. The van der Waals surface area contributed by atoms with E-state index in [1.165, 1.54) is 28.6 Å². The third-order valence-electron chi connectivity index (χ3n) is 4.07. The van der Waals surface area contributed by atoms with Crippen molar-refractivity contribution in [3.8, 4) is 5.75 Å². The Bertz CT molecular complexity index is 1040. The molecule has 2 N–H and O–H groups in total. The zero-order valence-corrected chi connectivity index (χ0v) is 18.8. The number of sulfonamides is 1. The van der Waals surface area contributed by atoms with Crippen LogP contribution in [0.25, 0.3) is 0 Å². The molecule has 0 saturated carbocycles. The summed E-state index contributed by atoms with van der Waals surface area (Å²) in [4.78, 5) is 12.6. The van der Waals surface area contributed by atoms with Crippen molar-refractivity contribution in [1.82, 2.24) is 9.62 Å². The van der Waals surface area contributed by atoms with Crippen molar-refractivity contribution < 1.29 is 17.9 Å². The third-order valence-corrected chi connectivity index (χ3v) is 6.12. The minimum Gasteiger partial charge on any atom is -0.493 e. The van der Waals surface area contributed by atoms with Crippen LogP contribution >= 0.6 is 12.2 Å². The third kappa shape index (κ3) is 6.48. The molecular weight excluding hydrogens is 434 g/mol. The fourth-order valence-corrected chi connectivity index (χ4v) is 4.28. The maximum atomic E-state index is 12.7. The zero-order valence-electron chi connectivity index (χ0n) is 17.2. The highest BCUT2D eigenvalue weighted by Crippen LogP contribution is 2.20. The maximum Gasteiger partial charge on any atom is 0.261 e. The molecule has 1 amide bonds. The van der Waals surface area contributed by atoms with E-state index in [1.54, 1.807) is 36.4 Å². The van der Waals surface area contributed by atoms with E-state index in [2.05, 4.69) is 23.8 Å². The Morgan fingerprint density at radius 2 is 1.71 bits per heavy atom. The second-order valence-electron chi connectivity index (χ2n) is 6.26. The predicted molar refractivity (Wildman–Crippen MR) is 127 cm³/mol. The summed E-state index contributed by atoms with van der Waals surface area (Å²) in [6, 6.07) is 12.9. The van der Waals surface area contributed by atoms with Gasteiger partial charge in [-0.05, 0) is 55.5 Å². The van der Waals surface area contributed by atoms with E-state index in [-0.39, 0.29) is 23.1 Å². The van der Waals surface area contributed by atoms with E-state index in [4.69, 9.17) is 17.0 Å². The van der Waals surface area contributed by atoms with Crippen molar-refractivity contribution in [1.29, 1.82) is 0 Å². The Balaban J connectivity index is 2.07. The number of nitrogens with one attached hydrogen (secondary N) is 2. The van der Waals surface area contributed by atoms with Gasteiger partial charge in [0, 0.05) is 18.8 Å². The number of hydrogen-bond acceptors (Lipinski definition) is 5. The van der Waals surface area contributed by atoms with Gasteiger partial charge in [-0.2, -0.15) is 4.31 Å². The SMILES string of the molecule is C=CCN(CC=C)S(=O)(=O)c1ccc(NC(=S)NC(=O)c2ccccc2OCC)cc1. The molecule has 9 heteroatoms. The Labute approximate surface area is 188 Å². The minimum atomic E-state index is -3.69. The molecule has 164 valence electrons. The standard InChI is InChI=1S/C22H25N3O4S2/c1-4-15-25(16-5-2)31(27,28)18-13-11-17(12-14-18)23-22(30)24-21(26)19-9-7-8-10-20(19)29-6-3/h4-5,7-14H,1-2,6,15-16H2,3H3,(H2,23,24,26,30). The van der Waals surface area contributed by atoms with Gasteiger partial charge in [-0.15, -0.1) is 13.2 Å². The summed E-state index contributed by atoms with van der Waals surface area (Å²) < 4.78 is 32.2. The molecule has 0 bridgehead atoms. The normalized spacial score (nSPS) is 10.9. The minimum absolute atomic E-state index is 0.0758. The van der Waals surface area contributed by atoms with Crippen LogP contribution in [0.15, 0.2) is 78.7 Å². The Morgan fingerprint density at radius 3 is 2.29 bits per heavy atom. The molecule has 0 fully saturated rings. The summed E-state index contributed by atoms with van der Waals surface area (Å²) in [5, 5.41) is 5.54. The lowest BCUT2D eigenvalue weighted by Gasteiger charge is -2.19. The molecule has 0 saturated heterocycles. The predicted octanol–water partition coefficient (Wildman–Crippen LogP) is 3.57. The summed E-state index contributed by atoms with van der Waals surface area (Å²) >= 11 is 5.20. The lowest BCUT2D eigenvalue weighted by Crippen LogP contribution is -2.34. The lowest BCUT2D eigenvalue weighted by molar-refractivity contribution is 0.0974. The lowest BCUT2D eigenvalue weighted by atomic mass is 10.2. The molecule has 2 aromatic carbocycles. The number of hydrogen-bond donors (Lipinski definition) is 2. The zero-order chi connectivity index (χ0) is 22.9. The summed E-state index contributed by atoms with van der Waals surface area (Å²) in [5.41, 5.74) is 0.890. The number of amides is 1. The first-order chi connectivity index (χ1) is 14.8. The number of nitrogens with zero attached hydrogens (tertiary/aromatic N) is 1. The number of carbonyl (C=O) groups is 1. The molecule has 0 aliphatic heterocycles. The number of benzene rings is 2. The van der Waals surface area contributed by atoms with Gasteiger partial charge in [0.05, 0.1) is 17.1 Å². The first-order valence-electron chi connectivity index (χ1n) is 9.49. The van der Waals surface area contributed by atoms with Crippen LogP contribution in [-0.4, -0.2) is 43.4 Å². The molecule has 7 nitrogen and oxygen atoms in total. The number of thiocarbonyl (C=S) groups is 1. The average molecular weight is 460 g/mol. The largest absolute Gasteiger partial charge is 0.493 e. The van der Waals surface area contributed by atoms with Gasteiger partial charge in [-0.3, -0.25) is 10.1 Å². The van der Waals surface area contributed by atoms with E-state index >= 15 is 0 Å². The van der Waals surface area contributed by atoms with Crippen LogP contribution in [0.4, 0.5) is 5.69 Å². The molecule has 2 rings (SSSR count). The molecule has 0 unspecified atom stereocenters. The van der Waals surface area contributed by atoms with Crippen molar-refractivity contribution in [3.05, 3.63) is 79.4 Å². The first-order valence-corrected chi connectivity index (χ1v) is 11.3. The number of anilines is 1. The smallest absolute Gasteiger partial charge is 0.261 e. The van der Waals surface area contributed by atoms with Crippen molar-refractivity contribution in [2.45, 2.75) is 11.8 Å². The van der Waals surface area contributed by atoms with E-state index < -0.39 is 15.9 Å². The molecule has 0 spiro atoms. The summed E-state index contributed by atoms with van der Waals surface area (Å²) in [6.07, 6.45) is 3.03. The summed E-state index contributed by atoms with van der Waals surface area (Å²) in [6.45, 7) is 9.79. The number of ether oxygens (including phenoxy) is 1. The van der Waals surface area contributed by atoms with Crippen molar-refractivity contribution in [2.24, 2.45) is 0 Å². The molecule has 0 aromatic heterocycles. The van der Waals surface area contributed by atoms with Crippen LogP contribution in [0.2, 0.25) is 0 Å². The fourth-order valence-electron chi connectivity index (χ4n) is 2.69. The summed E-state index contributed by atoms with van der Waals surface area (Å²) in [5.74, 6) is 0.0497. The van der Waals surface area contributed by atoms with Gasteiger partial charge in [-0.25, -0.2) is 8.42 Å². The molecule has 0 aliphatic rings. The Morgan fingerprint density at radius 1 is 1.10 bits per heavy atom. The molecular formula is C22H25N3O4S2. The van der Waals surface area contributed by atoms with Crippen LogP contribution in [0.1, 0.15) is 17.3 Å². The van der Waals surface area contributed by atoms with E-state index in [0.29, 0.717) is 23.6 Å². The van der Waals surface area contributed by atoms with Gasteiger partial charge in [0.2, 0.25) is 10.0 Å². The van der Waals surface area contributed by atoms with Gasteiger partial charge in [0.1, 0.15) is 5.75 Å². The highest BCUT2D eigenvalue weighted by Gasteiger charge is 2.22. The monoisotopic (exact) mass is 459 g/mol. The van der Waals surface area contributed by atoms with Gasteiger partial charge < -0.3 is 10.1 Å². The highest BCUT2D eigenvalue weighted by atomic mass is 32.2. The maximum absolute atomic E-state index is 12.7. The van der Waals surface area contributed by atoms with Crippen LogP contribution in [0.5, 0.6) is 5.75 Å². The Kier molecular flexibility index (Phi) is 8.92. The molecule has 0 aliphatic carbocycles.